The molecule has 1 saturated heterocycles. The molecule has 2 heterocycles. The van der Waals surface area contributed by atoms with Crippen molar-refractivity contribution in [2.75, 3.05) is 11.4 Å². The third-order valence-electron chi connectivity index (χ3n) is 3.27. The minimum Gasteiger partial charge on any atom is -0.354 e. The number of halogens is 1. The maximum atomic E-state index is 5.91. The number of hydrogen-bond acceptors (Lipinski definition) is 3. The van der Waals surface area contributed by atoms with Crippen molar-refractivity contribution >= 4 is 17.4 Å². The summed E-state index contributed by atoms with van der Waals surface area (Å²) in [6.45, 7) is 5.62. The van der Waals surface area contributed by atoms with Crippen molar-refractivity contribution in [1.29, 1.82) is 0 Å². The van der Waals surface area contributed by atoms with Crippen LogP contribution >= 0.6 is 11.6 Å². The molecule has 0 saturated carbocycles. The summed E-state index contributed by atoms with van der Waals surface area (Å²) in [5.41, 5.74) is 0. The molecule has 1 aliphatic rings. The summed E-state index contributed by atoms with van der Waals surface area (Å²) in [6, 6.07) is 2.40. The molecule has 0 aliphatic carbocycles. The highest BCUT2D eigenvalue weighted by molar-refractivity contribution is 6.29. The van der Waals surface area contributed by atoms with E-state index in [0.29, 0.717) is 11.2 Å². The van der Waals surface area contributed by atoms with Crippen LogP contribution in [0.15, 0.2) is 12.4 Å². The van der Waals surface area contributed by atoms with E-state index in [0.717, 1.165) is 18.3 Å². The standard InChI is InChI=1S/C12H18ClN3/c1-9-4-3-5-10(2)16(7-9)12-6-11(13)14-8-15-12/h6,8-10H,3-5,7H2,1-2H3/t9-,10+/m0/s1. The molecule has 2 atom stereocenters. The van der Waals surface area contributed by atoms with Gasteiger partial charge in [0, 0.05) is 18.7 Å². The van der Waals surface area contributed by atoms with Gasteiger partial charge < -0.3 is 4.90 Å². The fraction of sp³-hybridized carbons (Fsp3) is 0.667. The molecule has 0 unspecified atom stereocenters. The van der Waals surface area contributed by atoms with Crippen molar-refractivity contribution in [1.82, 2.24) is 9.97 Å². The highest BCUT2D eigenvalue weighted by Crippen LogP contribution is 2.25. The molecule has 2 rings (SSSR count). The first kappa shape index (κ1) is 11.6. The van der Waals surface area contributed by atoms with E-state index in [2.05, 4.69) is 28.7 Å². The van der Waals surface area contributed by atoms with E-state index in [1.54, 1.807) is 6.33 Å². The molecule has 1 fully saturated rings. The molecule has 0 N–H and O–H groups in total. The average molecular weight is 240 g/mol. The van der Waals surface area contributed by atoms with Crippen LogP contribution in [-0.2, 0) is 0 Å². The minimum absolute atomic E-state index is 0.522. The molecule has 0 radical (unpaired) electrons. The molecule has 0 aromatic carbocycles. The van der Waals surface area contributed by atoms with Gasteiger partial charge in [0.25, 0.3) is 0 Å². The lowest BCUT2D eigenvalue weighted by atomic mass is 10.1. The van der Waals surface area contributed by atoms with E-state index in [9.17, 15) is 0 Å². The van der Waals surface area contributed by atoms with Gasteiger partial charge in [-0.2, -0.15) is 0 Å². The van der Waals surface area contributed by atoms with Gasteiger partial charge in [0.05, 0.1) is 0 Å². The predicted molar refractivity (Wildman–Crippen MR) is 66.9 cm³/mol. The van der Waals surface area contributed by atoms with E-state index in [-0.39, 0.29) is 0 Å². The van der Waals surface area contributed by atoms with Crippen molar-refractivity contribution in [2.45, 2.75) is 39.2 Å². The Bertz CT molecular complexity index is 356. The maximum absolute atomic E-state index is 5.91. The summed E-state index contributed by atoms with van der Waals surface area (Å²) >= 11 is 5.91. The summed E-state index contributed by atoms with van der Waals surface area (Å²) in [7, 11) is 0. The summed E-state index contributed by atoms with van der Waals surface area (Å²) in [5, 5.41) is 0.522. The van der Waals surface area contributed by atoms with Crippen molar-refractivity contribution in [2.24, 2.45) is 5.92 Å². The Hall–Kier alpha value is -0.830. The molecule has 1 aromatic heterocycles. The molecule has 1 aromatic rings. The predicted octanol–water partition coefficient (Wildman–Crippen LogP) is 3.14. The Balaban J connectivity index is 2.22. The van der Waals surface area contributed by atoms with Crippen LogP contribution in [0.25, 0.3) is 0 Å². The second-order valence-electron chi connectivity index (χ2n) is 4.74. The normalized spacial score (nSPS) is 26.6. The second-order valence-corrected chi connectivity index (χ2v) is 5.12. The molecule has 16 heavy (non-hydrogen) atoms. The Labute approximate surface area is 102 Å². The van der Waals surface area contributed by atoms with Crippen LogP contribution in [0.1, 0.15) is 33.1 Å². The molecule has 88 valence electrons. The number of aromatic nitrogens is 2. The fourth-order valence-corrected chi connectivity index (χ4v) is 2.47. The number of nitrogens with zero attached hydrogens (tertiary/aromatic N) is 3. The SMILES string of the molecule is C[C@H]1CCC[C@@H](C)N(c2cc(Cl)ncn2)C1. The molecular weight excluding hydrogens is 222 g/mol. The first-order valence-corrected chi connectivity index (χ1v) is 6.29. The van der Waals surface area contributed by atoms with E-state index >= 15 is 0 Å². The topological polar surface area (TPSA) is 29.0 Å². The van der Waals surface area contributed by atoms with Gasteiger partial charge in [-0.1, -0.05) is 24.9 Å². The molecule has 3 nitrogen and oxygen atoms in total. The van der Waals surface area contributed by atoms with Gasteiger partial charge in [-0.25, -0.2) is 9.97 Å². The van der Waals surface area contributed by atoms with Gasteiger partial charge in [-0.3, -0.25) is 0 Å². The lowest BCUT2D eigenvalue weighted by molar-refractivity contribution is 0.542. The van der Waals surface area contributed by atoms with Gasteiger partial charge in [0.15, 0.2) is 0 Å². The first-order chi connectivity index (χ1) is 7.66. The molecular formula is C12H18ClN3. The fourth-order valence-electron chi connectivity index (χ4n) is 2.33. The van der Waals surface area contributed by atoms with Crippen LogP contribution < -0.4 is 4.90 Å². The van der Waals surface area contributed by atoms with E-state index in [4.69, 9.17) is 11.6 Å². The zero-order valence-corrected chi connectivity index (χ0v) is 10.6. The van der Waals surface area contributed by atoms with Crippen molar-refractivity contribution in [3.63, 3.8) is 0 Å². The van der Waals surface area contributed by atoms with Gasteiger partial charge >= 0.3 is 0 Å². The van der Waals surface area contributed by atoms with Crippen LogP contribution in [0.3, 0.4) is 0 Å². The van der Waals surface area contributed by atoms with E-state index in [1.165, 1.54) is 19.3 Å². The first-order valence-electron chi connectivity index (χ1n) is 5.91. The minimum atomic E-state index is 0.522. The van der Waals surface area contributed by atoms with Gasteiger partial charge in [0.1, 0.15) is 17.3 Å². The smallest absolute Gasteiger partial charge is 0.134 e. The van der Waals surface area contributed by atoms with Gasteiger partial charge in [0.2, 0.25) is 0 Å². The van der Waals surface area contributed by atoms with Crippen molar-refractivity contribution in [3.8, 4) is 0 Å². The summed E-state index contributed by atoms with van der Waals surface area (Å²) < 4.78 is 0. The number of anilines is 1. The Morgan fingerprint density at radius 3 is 2.88 bits per heavy atom. The highest BCUT2D eigenvalue weighted by Gasteiger charge is 2.22. The third kappa shape index (κ3) is 2.64. The molecule has 0 spiro atoms. The Kier molecular flexibility index (Phi) is 3.64. The molecule has 1 aliphatic heterocycles. The van der Waals surface area contributed by atoms with Crippen LogP contribution in [0.2, 0.25) is 5.15 Å². The maximum Gasteiger partial charge on any atom is 0.134 e. The largest absolute Gasteiger partial charge is 0.354 e. The highest BCUT2D eigenvalue weighted by atomic mass is 35.5. The number of hydrogen-bond donors (Lipinski definition) is 0. The monoisotopic (exact) mass is 239 g/mol. The zero-order chi connectivity index (χ0) is 11.5. The number of rotatable bonds is 1. The van der Waals surface area contributed by atoms with Crippen LogP contribution in [-0.4, -0.2) is 22.6 Å². The van der Waals surface area contributed by atoms with Crippen molar-refractivity contribution in [3.05, 3.63) is 17.5 Å². The summed E-state index contributed by atoms with van der Waals surface area (Å²) in [6.07, 6.45) is 5.38. The van der Waals surface area contributed by atoms with Gasteiger partial charge in [-0.15, -0.1) is 0 Å². The van der Waals surface area contributed by atoms with Crippen LogP contribution in [0, 0.1) is 5.92 Å². The lowest BCUT2D eigenvalue weighted by Gasteiger charge is -2.29. The third-order valence-corrected chi connectivity index (χ3v) is 3.48. The molecule has 4 heteroatoms. The second kappa shape index (κ2) is 5.00. The molecule has 0 bridgehead atoms. The molecule has 0 amide bonds. The lowest BCUT2D eigenvalue weighted by Crippen LogP contribution is -2.35. The van der Waals surface area contributed by atoms with E-state index in [1.807, 2.05) is 6.07 Å². The summed E-state index contributed by atoms with van der Waals surface area (Å²) in [4.78, 5) is 10.6. The van der Waals surface area contributed by atoms with Crippen LogP contribution in [0.4, 0.5) is 5.82 Å². The van der Waals surface area contributed by atoms with E-state index < -0.39 is 0 Å². The Morgan fingerprint density at radius 2 is 2.12 bits per heavy atom. The van der Waals surface area contributed by atoms with Gasteiger partial charge in [-0.05, 0) is 25.7 Å². The van der Waals surface area contributed by atoms with Crippen LogP contribution in [0.5, 0.6) is 0 Å². The van der Waals surface area contributed by atoms with Crippen molar-refractivity contribution < 1.29 is 0 Å². The zero-order valence-electron chi connectivity index (χ0n) is 9.86. The summed E-state index contributed by atoms with van der Waals surface area (Å²) in [5.74, 6) is 1.68. The Morgan fingerprint density at radius 1 is 1.31 bits per heavy atom. The quantitative estimate of drug-likeness (QED) is 0.705. The average Bonchev–Trinajstić information content (AvgIpc) is 2.41.